The Morgan fingerprint density at radius 3 is 2.95 bits per heavy atom. The predicted molar refractivity (Wildman–Crippen MR) is 81.4 cm³/mol. The van der Waals surface area contributed by atoms with Gasteiger partial charge in [0.1, 0.15) is 0 Å². The third-order valence-corrected chi connectivity index (χ3v) is 4.22. The quantitative estimate of drug-likeness (QED) is 0.922. The lowest BCUT2D eigenvalue weighted by Crippen LogP contribution is -2.28. The zero-order valence-corrected chi connectivity index (χ0v) is 12.1. The van der Waals surface area contributed by atoms with Gasteiger partial charge in [-0.15, -0.1) is 0 Å². The maximum Gasteiger partial charge on any atom is 0.252 e. The van der Waals surface area contributed by atoms with Crippen LogP contribution in [0.4, 0.5) is 0 Å². The number of aromatic nitrogens is 1. The van der Waals surface area contributed by atoms with E-state index in [-0.39, 0.29) is 11.9 Å². The number of rotatable bonds is 3. The highest BCUT2D eigenvalue weighted by Crippen LogP contribution is 2.51. The van der Waals surface area contributed by atoms with Gasteiger partial charge in [-0.2, -0.15) is 0 Å². The normalized spacial score (nSPS) is 19.4. The highest BCUT2D eigenvalue weighted by Gasteiger charge is 2.35. The summed E-state index contributed by atoms with van der Waals surface area (Å²) in [6.07, 6.45) is 7.23. The lowest BCUT2D eigenvalue weighted by atomic mass is 10.1. The molecule has 1 heterocycles. The third kappa shape index (κ3) is 1.97. The van der Waals surface area contributed by atoms with Gasteiger partial charge in [-0.3, -0.25) is 9.78 Å². The van der Waals surface area contributed by atoms with E-state index in [0.717, 1.165) is 29.0 Å². The minimum atomic E-state index is -0.0980. The number of aryl methyl sites for hydroxylation is 1. The molecule has 3 aliphatic carbocycles. The van der Waals surface area contributed by atoms with E-state index in [4.69, 9.17) is 0 Å². The topological polar surface area (TPSA) is 42.0 Å². The second kappa shape index (κ2) is 4.29. The molecular weight excluding hydrogens is 260 g/mol. The van der Waals surface area contributed by atoms with Crippen molar-refractivity contribution in [3.05, 3.63) is 75.7 Å². The average Bonchev–Trinajstić information content (AvgIpc) is 2.94. The third-order valence-electron chi connectivity index (χ3n) is 4.22. The van der Waals surface area contributed by atoms with Gasteiger partial charge in [-0.1, -0.05) is 12.1 Å². The number of nitrogens with one attached hydrogen (secondary N) is 1. The molecule has 1 aromatic rings. The highest BCUT2D eigenvalue weighted by molar-refractivity contribution is 6.02. The summed E-state index contributed by atoms with van der Waals surface area (Å²) in [4.78, 5) is 16.9. The number of carbonyl (C=O) groups excluding carboxylic acids is 1. The van der Waals surface area contributed by atoms with Gasteiger partial charge in [0.2, 0.25) is 0 Å². The second-order valence-corrected chi connectivity index (χ2v) is 5.80. The van der Waals surface area contributed by atoms with Crippen LogP contribution in [0.25, 0.3) is 0 Å². The molecule has 1 atom stereocenters. The van der Waals surface area contributed by atoms with Gasteiger partial charge in [0.25, 0.3) is 5.91 Å². The Labute approximate surface area is 123 Å². The molecule has 0 saturated heterocycles. The highest BCUT2D eigenvalue weighted by atomic mass is 16.1. The Morgan fingerprint density at radius 2 is 2.14 bits per heavy atom. The predicted octanol–water partition coefficient (Wildman–Crippen LogP) is 3.07. The van der Waals surface area contributed by atoms with Gasteiger partial charge in [0, 0.05) is 11.3 Å². The molecular formula is C18H16N2O. The molecule has 1 amide bonds. The zero-order valence-electron chi connectivity index (χ0n) is 12.1. The van der Waals surface area contributed by atoms with Crippen molar-refractivity contribution in [3.8, 4) is 0 Å². The standard InChI is InChI=1S/C18H16N2O/c1-10-4-3-5-17(19-10)11(2)20-18(21)14-7-6-13-15-8-12(15)9-16(13)14/h3-7,9,11H,8H2,1-2H3,(H,20,21). The Kier molecular flexibility index (Phi) is 2.52. The van der Waals surface area contributed by atoms with Gasteiger partial charge in [0.15, 0.2) is 0 Å². The Morgan fingerprint density at radius 1 is 1.29 bits per heavy atom. The van der Waals surface area contributed by atoms with Crippen LogP contribution in [0.15, 0.2) is 64.3 Å². The van der Waals surface area contributed by atoms with Crippen molar-refractivity contribution < 1.29 is 4.79 Å². The van der Waals surface area contributed by atoms with E-state index in [2.05, 4.69) is 22.5 Å². The first-order valence-electron chi connectivity index (χ1n) is 7.25. The van der Waals surface area contributed by atoms with E-state index in [0.29, 0.717) is 0 Å². The Bertz CT molecular complexity index is 793. The van der Waals surface area contributed by atoms with E-state index in [1.807, 2.05) is 38.1 Å². The maximum atomic E-state index is 12.5. The van der Waals surface area contributed by atoms with Gasteiger partial charge < -0.3 is 5.32 Å². The number of hydrogen-bond donors (Lipinski definition) is 1. The summed E-state index contributed by atoms with van der Waals surface area (Å²) in [5, 5.41) is 3.05. The van der Waals surface area contributed by atoms with Crippen molar-refractivity contribution in [1.82, 2.24) is 10.3 Å². The number of allylic oxidation sites excluding steroid dienone is 6. The molecule has 1 aromatic heterocycles. The lowest BCUT2D eigenvalue weighted by molar-refractivity contribution is -0.117. The molecule has 3 heteroatoms. The first kappa shape index (κ1) is 12.3. The van der Waals surface area contributed by atoms with Crippen LogP contribution in [0, 0.1) is 6.92 Å². The van der Waals surface area contributed by atoms with Crippen LogP contribution in [-0.2, 0) is 4.79 Å². The summed E-state index contributed by atoms with van der Waals surface area (Å²) >= 11 is 0. The van der Waals surface area contributed by atoms with E-state index in [1.165, 1.54) is 16.7 Å². The molecule has 3 nitrogen and oxygen atoms in total. The summed E-state index contributed by atoms with van der Waals surface area (Å²) in [6, 6.07) is 5.77. The molecule has 104 valence electrons. The SMILES string of the molecule is Cc1cccc(C(C)NC(=O)C2=C3C=C4CC4=C3C=C2)n1. The molecule has 21 heavy (non-hydrogen) atoms. The average molecular weight is 276 g/mol. The molecule has 0 radical (unpaired) electrons. The van der Waals surface area contributed by atoms with Gasteiger partial charge in [-0.25, -0.2) is 0 Å². The van der Waals surface area contributed by atoms with Gasteiger partial charge in [-0.05, 0) is 66.8 Å². The van der Waals surface area contributed by atoms with E-state index in [9.17, 15) is 4.79 Å². The molecule has 0 bridgehead atoms. The first-order chi connectivity index (χ1) is 10.1. The van der Waals surface area contributed by atoms with E-state index >= 15 is 0 Å². The number of fused-ring (bicyclic) bond motifs is 2. The fraction of sp³-hybridized carbons (Fsp3) is 0.222. The molecule has 1 N–H and O–H groups in total. The fourth-order valence-electron chi connectivity index (χ4n) is 2.99. The molecule has 1 fully saturated rings. The number of carbonyl (C=O) groups is 1. The summed E-state index contributed by atoms with van der Waals surface area (Å²) in [7, 11) is 0. The molecule has 0 spiro atoms. The molecule has 0 aliphatic heterocycles. The summed E-state index contributed by atoms with van der Waals surface area (Å²) < 4.78 is 0. The van der Waals surface area contributed by atoms with Crippen molar-refractivity contribution in [3.63, 3.8) is 0 Å². The van der Waals surface area contributed by atoms with E-state index < -0.39 is 0 Å². The monoisotopic (exact) mass is 276 g/mol. The molecule has 0 aromatic carbocycles. The molecule has 4 rings (SSSR count). The summed E-state index contributed by atoms with van der Waals surface area (Å²) in [5.41, 5.74) is 7.77. The smallest absolute Gasteiger partial charge is 0.252 e. The maximum absolute atomic E-state index is 12.5. The summed E-state index contributed by atoms with van der Waals surface area (Å²) in [5.74, 6) is -0.0224. The van der Waals surface area contributed by atoms with Crippen molar-refractivity contribution in [2.75, 3.05) is 0 Å². The van der Waals surface area contributed by atoms with Crippen LogP contribution in [0.2, 0.25) is 0 Å². The number of amides is 1. The van der Waals surface area contributed by atoms with Crippen LogP contribution < -0.4 is 5.32 Å². The minimum absolute atomic E-state index is 0.0224. The van der Waals surface area contributed by atoms with Crippen molar-refractivity contribution in [2.45, 2.75) is 26.3 Å². The zero-order chi connectivity index (χ0) is 14.6. The number of pyridine rings is 1. The molecule has 3 aliphatic rings. The van der Waals surface area contributed by atoms with Crippen molar-refractivity contribution in [2.24, 2.45) is 0 Å². The van der Waals surface area contributed by atoms with E-state index in [1.54, 1.807) is 0 Å². The summed E-state index contributed by atoms with van der Waals surface area (Å²) in [6.45, 7) is 3.92. The Balaban J connectivity index is 1.55. The van der Waals surface area contributed by atoms with Crippen LogP contribution in [0.1, 0.15) is 30.8 Å². The van der Waals surface area contributed by atoms with Crippen molar-refractivity contribution in [1.29, 1.82) is 0 Å². The van der Waals surface area contributed by atoms with Crippen molar-refractivity contribution >= 4 is 5.91 Å². The van der Waals surface area contributed by atoms with Crippen LogP contribution >= 0.6 is 0 Å². The van der Waals surface area contributed by atoms with Crippen LogP contribution in [0.3, 0.4) is 0 Å². The molecule has 1 unspecified atom stereocenters. The van der Waals surface area contributed by atoms with Crippen LogP contribution in [0.5, 0.6) is 0 Å². The Hall–Kier alpha value is -2.42. The minimum Gasteiger partial charge on any atom is -0.344 e. The van der Waals surface area contributed by atoms with Gasteiger partial charge in [0.05, 0.1) is 11.7 Å². The van der Waals surface area contributed by atoms with Crippen LogP contribution in [-0.4, -0.2) is 10.9 Å². The lowest BCUT2D eigenvalue weighted by Gasteiger charge is -2.14. The largest absolute Gasteiger partial charge is 0.344 e. The number of nitrogens with zero attached hydrogens (tertiary/aromatic N) is 1. The second-order valence-electron chi connectivity index (χ2n) is 5.80. The number of hydrogen-bond acceptors (Lipinski definition) is 2. The van der Waals surface area contributed by atoms with Gasteiger partial charge >= 0.3 is 0 Å². The molecule has 1 saturated carbocycles. The first-order valence-corrected chi connectivity index (χ1v) is 7.25. The fourth-order valence-corrected chi connectivity index (χ4v) is 2.99.